The topological polar surface area (TPSA) is 92.3 Å². The summed E-state index contributed by atoms with van der Waals surface area (Å²) in [6.45, 7) is 14.2. The largest absolute Gasteiger partial charge is 0.491 e. The monoisotopic (exact) mass is 528 g/mol. The Hall–Kier alpha value is -3.56. The Morgan fingerprint density at radius 1 is 1.11 bits per heavy atom. The molecule has 0 atom stereocenters. The summed E-state index contributed by atoms with van der Waals surface area (Å²) in [6.07, 6.45) is 1.87. The van der Waals surface area contributed by atoms with Crippen molar-refractivity contribution >= 4 is 42.2 Å². The number of methoxy groups -OCH3 is 1. The van der Waals surface area contributed by atoms with Crippen molar-refractivity contribution in [3.63, 3.8) is 0 Å². The lowest BCUT2D eigenvalue weighted by atomic mass is 9.97. The van der Waals surface area contributed by atoms with Crippen LogP contribution in [-0.2, 0) is 14.3 Å². The number of benzene rings is 2. The first-order chi connectivity index (χ1) is 17.9. The van der Waals surface area contributed by atoms with E-state index < -0.39 is 11.7 Å². The number of amides is 1. The van der Waals surface area contributed by atoms with E-state index in [9.17, 15) is 14.0 Å². The number of aldehydes is 1. The number of rotatable bonds is 11. The third-order valence-electron chi connectivity index (χ3n) is 4.69. The van der Waals surface area contributed by atoms with E-state index in [2.05, 4.69) is 62.0 Å². The van der Waals surface area contributed by atoms with Gasteiger partial charge in [0, 0.05) is 37.3 Å². The van der Waals surface area contributed by atoms with Crippen molar-refractivity contribution in [1.29, 1.82) is 0 Å². The van der Waals surface area contributed by atoms with E-state index in [1.807, 2.05) is 0 Å². The molecule has 0 bridgehead atoms. The molecule has 0 aliphatic heterocycles. The molecular weight excluding hydrogens is 487 g/mol. The molecule has 2 N–H and O–H groups in total. The Morgan fingerprint density at radius 2 is 1.71 bits per heavy atom. The zero-order chi connectivity index (χ0) is 28.7. The quantitative estimate of drug-likeness (QED) is 0.200. The van der Waals surface area contributed by atoms with Gasteiger partial charge in [-0.05, 0) is 62.0 Å². The number of anilines is 2. The highest BCUT2D eigenvalue weighted by Crippen LogP contribution is 2.16. The first-order valence-corrected chi connectivity index (χ1v) is 12.3. The number of ether oxygens (including phenoxy) is 2. The predicted molar refractivity (Wildman–Crippen MR) is 154 cm³/mol. The fourth-order valence-corrected chi connectivity index (χ4v) is 3.53. The van der Waals surface area contributed by atoms with Gasteiger partial charge in [-0.25, -0.2) is 9.38 Å². The second-order valence-electron chi connectivity index (χ2n) is 9.94. The van der Waals surface area contributed by atoms with Gasteiger partial charge >= 0.3 is 0 Å². The lowest BCUT2D eigenvalue weighted by Gasteiger charge is -2.22. The normalized spacial score (nSPS) is 12.0. The molecule has 208 valence electrons. The molecule has 2 rings (SSSR count). The minimum Gasteiger partial charge on any atom is -0.491 e. The van der Waals surface area contributed by atoms with Crippen molar-refractivity contribution in [3.05, 3.63) is 52.7 Å². The van der Waals surface area contributed by atoms with E-state index in [4.69, 9.17) is 9.47 Å². The zero-order valence-electron chi connectivity index (χ0n) is 23.6. The van der Waals surface area contributed by atoms with Crippen LogP contribution in [0, 0.1) is 11.2 Å². The van der Waals surface area contributed by atoms with Crippen LogP contribution in [0.3, 0.4) is 0 Å². The number of nitrogens with zero attached hydrogens (tertiary/aromatic N) is 2. The highest BCUT2D eigenvalue weighted by atomic mass is 19.1. The van der Waals surface area contributed by atoms with Crippen molar-refractivity contribution in [2.75, 3.05) is 51.6 Å². The molecule has 0 saturated heterocycles. The van der Waals surface area contributed by atoms with Crippen LogP contribution in [0.15, 0.2) is 41.4 Å². The first-order valence-electron chi connectivity index (χ1n) is 12.3. The summed E-state index contributed by atoms with van der Waals surface area (Å²) >= 11 is 0. The average molecular weight is 529 g/mol. The van der Waals surface area contributed by atoms with Gasteiger partial charge in [-0.3, -0.25) is 4.79 Å². The van der Waals surface area contributed by atoms with E-state index in [0.717, 1.165) is 6.54 Å². The second kappa shape index (κ2) is 16.3. The third-order valence-corrected chi connectivity index (χ3v) is 4.69. The molecule has 0 unspecified atom stereocenters. The smallest absolute Gasteiger partial charge is 0.231 e. The van der Waals surface area contributed by atoms with Gasteiger partial charge in [0.05, 0.1) is 18.2 Å². The molecular formula is C29H41FN4O4. The summed E-state index contributed by atoms with van der Waals surface area (Å²) in [5.74, 6) is -0.291. The van der Waals surface area contributed by atoms with Crippen molar-refractivity contribution in [2.45, 2.75) is 34.1 Å². The Labute approximate surface area is 225 Å². The van der Waals surface area contributed by atoms with Crippen LogP contribution in [-0.4, -0.2) is 64.3 Å². The number of halogens is 1. The van der Waals surface area contributed by atoms with Gasteiger partial charge in [-0.1, -0.05) is 27.4 Å². The van der Waals surface area contributed by atoms with E-state index in [1.54, 1.807) is 44.4 Å². The summed E-state index contributed by atoms with van der Waals surface area (Å²) in [4.78, 5) is 28.3. The Bertz CT molecular complexity index is 1170. The van der Waals surface area contributed by atoms with Gasteiger partial charge in [-0.15, -0.1) is 0 Å². The molecule has 0 fully saturated rings. The molecule has 2 aromatic carbocycles. The number of hydrogen-bond acceptors (Lipinski definition) is 7. The molecule has 0 aliphatic rings. The van der Waals surface area contributed by atoms with E-state index >= 15 is 0 Å². The lowest BCUT2D eigenvalue weighted by Crippen LogP contribution is -2.31. The van der Waals surface area contributed by atoms with Crippen LogP contribution in [0.2, 0.25) is 0 Å². The minimum absolute atomic E-state index is 0.208. The van der Waals surface area contributed by atoms with Gasteiger partial charge in [0.25, 0.3) is 0 Å². The van der Waals surface area contributed by atoms with Crippen molar-refractivity contribution in [1.82, 2.24) is 4.90 Å². The van der Waals surface area contributed by atoms with Gasteiger partial charge in [0.1, 0.15) is 30.3 Å². The van der Waals surface area contributed by atoms with Crippen LogP contribution in [0.5, 0.6) is 5.75 Å². The zero-order valence-corrected chi connectivity index (χ0v) is 23.6. The molecule has 8 nitrogen and oxygen atoms in total. The maximum Gasteiger partial charge on any atom is 0.231 e. The summed E-state index contributed by atoms with van der Waals surface area (Å²) in [5, 5.41) is 6.29. The van der Waals surface area contributed by atoms with E-state index in [1.165, 1.54) is 12.3 Å². The lowest BCUT2D eigenvalue weighted by molar-refractivity contribution is -0.119. The summed E-state index contributed by atoms with van der Waals surface area (Å²) in [7, 11) is 5.76. The van der Waals surface area contributed by atoms with Crippen LogP contribution in [0.4, 0.5) is 15.8 Å². The fourth-order valence-electron chi connectivity index (χ4n) is 3.53. The number of carbonyl (C=O) groups is 2. The Morgan fingerprint density at radius 3 is 2.16 bits per heavy atom. The average Bonchev–Trinajstić information content (AvgIpc) is 2.79. The number of nitrogens with one attached hydrogen (secondary N) is 2. The fraction of sp³-hybridized carbons (Fsp3) is 0.414. The molecule has 1 amide bonds. The summed E-state index contributed by atoms with van der Waals surface area (Å²) in [5.41, 5.74) is 1.61. The minimum atomic E-state index is -0.527. The molecule has 9 heteroatoms. The highest BCUT2D eigenvalue weighted by Gasteiger charge is 2.10. The van der Waals surface area contributed by atoms with Crippen molar-refractivity contribution in [2.24, 2.45) is 10.4 Å². The maximum atomic E-state index is 14.8. The van der Waals surface area contributed by atoms with Gasteiger partial charge < -0.3 is 29.8 Å². The Kier molecular flexibility index (Phi) is 13.9. The SMILES string of the molecule is C=c1cc(OCCOC)cc(F)/c1=C(/N=C\C)Nc1ccc(NC(=O)CC=O)cc1.CN(C)CC(C)(C)C. The van der Waals surface area contributed by atoms with Gasteiger partial charge in [-0.2, -0.15) is 0 Å². The second-order valence-corrected chi connectivity index (χ2v) is 9.94. The molecule has 0 aromatic heterocycles. The molecule has 2 aromatic rings. The summed E-state index contributed by atoms with van der Waals surface area (Å²) < 4.78 is 25.2. The number of carbonyl (C=O) groups excluding carboxylic acids is 2. The summed E-state index contributed by atoms with van der Waals surface area (Å²) in [6, 6.07) is 9.62. The van der Waals surface area contributed by atoms with Crippen LogP contribution < -0.4 is 25.8 Å². The van der Waals surface area contributed by atoms with E-state index in [-0.39, 0.29) is 17.5 Å². The molecule has 0 saturated carbocycles. The first kappa shape index (κ1) is 32.5. The van der Waals surface area contributed by atoms with Gasteiger partial charge in [0.2, 0.25) is 5.91 Å². The molecule has 0 aliphatic carbocycles. The molecule has 0 heterocycles. The number of aliphatic imine (C=N–C) groups is 1. The molecule has 0 radical (unpaired) electrons. The van der Waals surface area contributed by atoms with Crippen molar-refractivity contribution < 1.29 is 23.5 Å². The van der Waals surface area contributed by atoms with Crippen LogP contribution in [0.25, 0.3) is 12.4 Å². The maximum absolute atomic E-state index is 14.8. The van der Waals surface area contributed by atoms with Crippen molar-refractivity contribution in [3.8, 4) is 5.75 Å². The highest BCUT2D eigenvalue weighted by molar-refractivity contribution is 5.98. The molecule has 0 spiro atoms. The van der Waals surface area contributed by atoms with Gasteiger partial charge in [0.15, 0.2) is 0 Å². The Balaban J connectivity index is 0.000000781. The van der Waals surface area contributed by atoms with Crippen LogP contribution >= 0.6 is 0 Å². The number of hydrogen-bond donors (Lipinski definition) is 2. The third kappa shape index (κ3) is 12.6. The predicted octanol–water partition coefficient (Wildman–Crippen LogP) is 3.65. The molecule has 38 heavy (non-hydrogen) atoms. The van der Waals surface area contributed by atoms with Crippen LogP contribution in [0.1, 0.15) is 34.1 Å². The van der Waals surface area contributed by atoms with E-state index in [0.29, 0.717) is 47.3 Å². The standard InChI is InChI=1S/C22H24FN3O4.C7H17N/c1-4-24-22(21-15(2)13-18(14-19(21)23)30-12-11-29-3)26-17-7-5-16(6-8-17)25-20(28)9-10-27;1-7(2,3)6-8(4)5/h4-8,10,13-14,26H,2,9,11-12H2,1,3H3,(H,25,28);6H2,1-5H3/b22-21-,24-4-;.